The summed E-state index contributed by atoms with van der Waals surface area (Å²) in [5, 5.41) is 1.18. The molecule has 0 aromatic rings. The smallest absolute Gasteiger partial charge is 0.00922 e. The van der Waals surface area contributed by atoms with E-state index in [2.05, 4.69) is 27.9 Å². The molecule has 0 unspecified atom stereocenters. The van der Waals surface area contributed by atoms with E-state index < -0.39 is 0 Å². The number of alkyl halides is 1. The first-order valence-corrected chi connectivity index (χ1v) is 9.73. The first kappa shape index (κ1) is 17.5. The van der Waals surface area contributed by atoms with Crippen LogP contribution in [-0.2, 0) is 0 Å². The Bertz CT molecular complexity index is 188. The fourth-order valence-corrected chi connectivity index (χ4v) is 3.62. The van der Waals surface area contributed by atoms with Gasteiger partial charge < -0.3 is 4.90 Å². The van der Waals surface area contributed by atoms with E-state index >= 15 is 0 Å². The Labute approximate surface area is 129 Å². The van der Waals surface area contributed by atoms with Gasteiger partial charge in [-0.3, -0.25) is 0 Å². The molecule has 0 spiro atoms. The van der Waals surface area contributed by atoms with Crippen LogP contribution < -0.4 is 0 Å². The molecule has 0 aromatic heterocycles. The monoisotopic (exact) mass is 331 g/mol. The Kier molecular flexibility index (Phi) is 11.2. The van der Waals surface area contributed by atoms with Crippen LogP contribution in [0.5, 0.6) is 0 Å². The van der Waals surface area contributed by atoms with Crippen LogP contribution in [0, 0.1) is 0 Å². The average Bonchev–Trinajstić information content (AvgIpc) is 2.70. The lowest BCUT2D eigenvalue weighted by atomic mass is 10.1. The van der Waals surface area contributed by atoms with Crippen LogP contribution in [0.3, 0.4) is 0 Å². The van der Waals surface area contributed by atoms with E-state index in [4.69, 9.17) is 0 Å². The molecule has 0 atom stereocenters. The Morgan fingerprint density at radius 2 is 1.32 bits per heavy atom. The summed E-state index contributed by atoms with van der Waals surface area (Å²) in [5.74, 6) is 0. The van der Waals surface area contributed by atoms with Crippen molar-refractivity contribution >= 4 is 15.9 Å². The maximum absolute atomic E-state index is 3.50. The summed E-state index contributed by atoms with van der Waals surface area (Å²) < 4.78 is 0. The van der Waals surface area contributed by atoms with Crippen molar-refractivity contribution in [1.29, 1.82) is 0 Å². The number of halogens is 1. The Morgan fingerprint density at radius 3 is 1.89 bits per heavy atom. The van der Waals surface area contributed by atoms with Crippen molar-refractivity contribution in [3.63, 3.8) is 0 Å². The summed E-state index contributed by atoms with van der Waals surface area (Å²) in [7, 11) is 2.35. The Balaban J connectivity index is 1.93. The lowest BCUT2D eigenvalue weighted by Crippen LogP contribution is -2.32. The maximum Gasteiger partial charge on any atom is 0.00922 e. The van der Waals surface area contributed by atoms with E-state index in [1.165, 1.54) is 95.3 Å². The number of nitrogens with zero attached hydrogens (tertiary/aromatic N) is 1. The number of hydrogen-bond acceptors (Lipinski definition) is 1. The topological polar surface area (TPSA) is 3.24 Å². The SMILES string of the molecule is CN(CCCCCCCCCBr)C1CCCCCC1. The van der Waals surface area contributed by atoms with Gasteiger partial charge in [-0.1, -0.05) is 73.7 Å². The van der Waals surface area contributed by atoms with Crippen molar-refractivity contribution in [2.75, 3.05) is 18.9 Å². The molecule has 19 heavy (non-hydrogen) atoms. The number of rotatable bonds is 10. The van der Waals surface area contributed by atoms with Crippen LogP contribution in [0.2, 0.25) is 0 Å². The second-order valence-electron chi connectivity index (χ2n) is 6.29. The maximum atomic E-state index is 3.50. The van der Waals surface area contributed by atoms with E-state index in [0.717, 1.165) is 6.04 Å². The zero-order valence-corrected chi connectivity index (χ0v) is 14.6. The van der Waals surface area contributed by atoms with Crippen molar-refractivity contribution in [1.82, 2.24) is 4.90 Å². The highest BCUT2D eigenvalue weighted by Crippen LogP contribution is 2.21. The molecule has 0 bridgehead atoms. The molecule has 1 nitrogen and oxygen atoms in total. The van der Waals surface area contributed by atoms with Gasteiger partial charge in [0.05, 0.1) is 0 Å². The van der Waals surface area contributed by atoms with Gasteiger partial charge in [-0.05, 0) is 39.3 Å². The highest BCUT2D eigenvalue weighted by atomic mass is 79.9. The van der Waals surface area contributed by atoms with Crippen molar-refractivity contribution in [3.8, 4) is 0 Å². The molecule has 0 N–H and O–H groups in total. The normalized spacial score (nSPS) is 17.8. The molecule has 0 heterocycles. The van der Waals surface area contributed by atoms with Gasteiger partial charge in [0.1, 0.15) is 0 Å². The standard InChI is InChI=1S/C17H34BrN/c1-19(17-13-9-5-6-10-14-17)16-12-8-4-2-3-7-11-15-18/h17H,2-16H2,1H3. The largest absolute Gasteiger partial charge is 0.303 e. The van der Waals surface area contributed by atoms with Crippen LogP contribution in [0.25, 0.3) is 0 Å². The molecule has 0 radical (unpaired) electrons. The molecule has 1 rings (SSSR count). The Hall–Kier alpha value is 0.440. The van der Waals surface area contributed by atoms with Crippen LogP contribution in [0.15, 0.2) is 0 Å². The third kappa shape index (κ3) is 9.07. The van der Waals surface area contributed by atoms with E-state index in [1.807, 2.05) is 0 Å². The minimum Gasteiger partial charge on any atom is -0.303 e. The summed E-state index contributed by atoms with van der Waals surface area (Å²) in [6, 6.07) is 0.890. The minimum absolute atomic E-state index is 0.890. The van der Waals surface area contributed by atoms with E-state index in [0.29, 0.717) is 0 Å². The third-order valence-electron chi connectivity index (χ3n) is 4.59. The molecule has 0 aliphatic heterocycles. The van der Waals surface area contributed by atoms with Gasteiger partial charge in [0.15, 0.2) is 0 Å². The minimum atomic E-state index is 0.890. The summed E-state index contributed by atoms with van der Waals surface area (Å²) in [5.41, 5.74) is 0. The van der Waals surface area contributed by atoms with Gasteiger partial charge in [-0.15, -0.1) is 0 Å². The van der Waals surface area contributed by atoms with Crippen LogP contribution in [0.4, 0.5) is 0 Å². The molecule has 0 saturated heterocycles. The second-order valence-corrected chi connectivity index (χ2v) is 7.08. The quantitative estimate of drug-likeness (QED) is 0.279. The zero-order valence-electron chi connectivity index (χ0n) is 13.0. The molecule has 1 aliphatic rings. The molecule has 1 saturated carbocycles. The van der Waals surface area contributed by atoms with Gasteiger partial charge in [-0.25, -0.2) is 0 Å². The van der Waals surface area contributed by atoms with Crippen LogP contribution >= 0.6 is 15.9 Å². The van der Waals surface area contributed by atoms with Crippen LogP contribution in [0.1, 0.15) is 83.5 Å². The highest BCUT2D eigenvalue weighted by Gasteiger charge is 2.15. The number of unbranched alkanes of at least 4 members (excludes halogenated alkanes) is 6. The van der Waals surface area contributed by atoms with Crippen molar-refractivity contribution in [2.45, 2.75) is 89.5 Å². The Morgan fingerprint density at radius 1 is 0.789 bits per heavy atom. The lowest BCUT2D eigenvalue weighted by molar-refractivity contribution is 0.216. The second kappa shape index (κ2) is 12.2. The van der Waals surface area contributed by atoms with Crippen molar-refractivity contribution in [3.05, 3.63) is 0 Å². The molecule has 1 aliphatic carbocycles. The predicted octanol–water partition coefficient (Wildman–Crippen LogP) is 5.77. The fourth-order valence-electron chi connectivity index (χ4n) is 3.22. The van der Waals surface area contributed by atoms with Gasteiger partial charge >= 0.3 is 0 Å². The van der Waals surface area contributed by atoms with Gasteiger partial charge in [-0.2, -0.15) is 0 Å². The fraction of sp³-hybridized carbons (Fsp3) is 1.00. The molecule has 0 aromatic carbocycles. The first-order chi connectivity index (χ1) is 9.34. The molecular formula is C17H34BrN. The van der Waals surface area contributed by atoms with E-state index in [-0.39, 0.29) is 0 Å². The van der Waals surface area contributed by atoms with Crippen LogP contribution in [-0.4, -0.2) is 29.9 Å². The summed E-state index contributed by atoms with van der Waals surface area (Å²) in [6.45, 7) is 1.33. The predicted molar refractivity (Wildman–Crippen MR) is 90.2 cm³/mol. The third-order valence-corrected chi connectivity index (χ3v) is 5.15. The summed E-state index contributed by atoms with van der Waals surface area (Å²) >= 11 is 3.50. The molecule has 2 heteroatoms. The van der Waals surface area contributed by atoms with Crippen molar-refractivity contribution in [2.24, 2.45) is 0 Å². The average molecular weight is 332 g/mol. The molecule has 1 fully saturated rings. The zero-order chi connectivity index (χ0) is 13.8. The van der Waals surface area contributed by atoms with E-state index in [9.17, 15) is 0 Å². The molecular weight excluding hydrogens is 298 g/mol. The number of hydrogen-bond donors (Lipinski definition) is 0. The van der Waals surface area contributed by atoms with Gasteiger partial charge in [0.25, 0.3) is 0 Å². The summed E-state index contributed by atoms with van der Waals surface area (Å²) in [6.07, 6.45) is 18.7. The molecule has 0 amide bonds. The van der Waals surface area contributed by atoms with E-state index in [1.54, 1.807) is 0 Å². The van der Waals surface area contributed by atoms with Gasteiger partial charge in [0, 0.05) is 11.4 Å². The summed E-state index contributed by atoms with van der Waals surface area (Å²) in [4.78, 5) is 2.65. The van der Waals surface area contributed by atoms with Crippen molar-refractivity contribution < 1.29 is 0 Å². The van der Waals surface area contributed by atoms with Gasteiger partial charge in [0.2, 0.25) is 0 Å². The first-order valence-electron chi connectivity index (χ1n) is 8.61. The lowest BCUT2D eigenvalue weighted by Gasteiger charge is -2.27. The molecule has 114 valence electrons. The highest BCUT2D eigenvalue weighted by molar-refractivity contribution is 9.09.